The van der Waals surface area contributed by atoms with Gasteiger partial charge in [0.1, 0.15) is 0 Å². The quantitative estimate of drug-likeness (QED) is 0.173. The van der Waals surface area contributed by atoms with Crippen molar-refractivity contribution >= 4 is 5.57 Å². The Labute approximate surface area is 376 Å². The zero-order valence-electron chi connectivity index (χ0n) is 37.9. The largest absolute Gasteiger partial charge is 0.228 e. The van der Waals surface area contributed by atoms with Gasteiger partial charge >= 0.3 is 0 Å². The summed E-state index contributed by atoms with van der Waals surface area (Å²) in [5, 5.41) is 0. The van der Waals surface area contributed by atoms with Crippen molar-refractivity contribution in [2.24, 2.45) is 5.92 Å². The molecule has 0 fully saturated rings. The van der Waals surface area contributed by atoms with Crippen molar-refractivity contribution in [2.45, 2.75) is 78.1 Å². The first-order valence-electron chi connectivity index (χ1n) is 23.3. The van der Waals surface area contributed by atoms with E-state index in [1.165, 1.54) is 56.5 Å². The highest BCUT2D eigenvalue weighted by atomic mass is 14.9. The van der Waals surface area contributed by atoms with Crippen molar-refractivity contribution in [1.29, 1.82) is 0 Å². The van der Waals surface area contributed by atoms with Crippen molar-refractivity contribution < 1.29 is 0 Å². The molecule has 0 bridgehead atoms. The SMILES string of the molecule is C1=CCC(C2(c3ccccc3)c3ccccc3C3(C4=C(CCC=C4)c4ccccc43)c3cc(-c4nc(-c5ccccc5)cc(-c5ccccc5)n4)ccc32)C=C1.CC.CC.CCC. The normalized spacial score (nSPS) is 19.5. The molecule has 2 heteroatoms. The van der Waals surface area contributed by atoms with E-state index in [-0.39, 0.29) is 5.92 Å². The van der Waals surface area contributed by atoms with Crippen LogP contribution in [-0.4, -0.2) is 9.97 Å². The fraction of sp³-hybridized carbons (Fsp3) is 0.213. The molecule has 0 N–H and O–H groups in total. The molecule has 11 rings (SSSR count). The van der Waals surface area contributed by atoms with Gasteiger partial charge in [-0.15, -0.1) is 0 Å². The monoisotopic (exact) mass is 820 g/mol. The van der Waals surface area contributed by atoms with Gasteiger partial charge in [0, 0.05) is 16.7 Å². The maximum absolute atomic E-state index is 5.36. The lowest BCUT2D eigenvalue weighted by Crippen LogP contribution is -2.48. The molecule has 6 aromatic carbocycles. The third-order valence-electron chi connectivity index (χ3n) is 12.7. The molecular formula is C61H60N2. The van der Waals surface area contributed by atoms with E-state index in [1.54, 1.807) is 0 Å². The van der Waals surface area contributed by atoms with Crippen LogP contribution in [0.4, 0.5) is 0 Å². The van der Waals surface area contributed by atoms with Crippen LogP contribution in [0, 0.1) is 5.92 Å². The summed E-state index contributed by atoms with van der Waals surface area (Å²) in [5.74, 6) is 0.930. The Hall–Kier alpha value is -6.64. The standard InChI is InChI=1S/C54H40N2.C3H8.2C2H6/c1-5-19-37(20-6-1)50-36-51(38-21-7-2-8-22-38)56-52(55-50)39-33-34-48-49(35-39)54(44-29-15-13-27-42(44)43-28-14-16-30-45(43)54)47-32-18-17-31-46(47)53(48,40-23-9-3-10-24-40)41-25-11-4-12-26-41;1-3-2;2*1-2/h1-13,15-25,27,29-36,41H,14,26,28H2;3H2,1-2H3;2*1-2H3. The van der Waals surface area contributed by atoms with E-state index in [2.05, 4.69) is 214 Å². The molecule has 0 saturated carbocycles. The van der Waals surface area contributed by atoms with E-state index >= 15 is 0 Å². The average molecular weight is 821 g/mol. The Balaban J connectivity index is 0.000000738. The topological polar surface area (TPSA) is 25.8 Å². The van der Waals surface area contributed by atoms with Crippen molar-refractivity contribution in [3.8, 4) is 33.9 Å². The highest BCUT2D eigenvalue weighted by Gasteiger charge is 2.58. The number of aromatic nitrogens is 2. The summed E-state index contributed by atoms with van der Waals surface area (Å²) in [6, 6.07) is 60.2. The minimum atomic E-state index is -0.517. The van der Waals surface area contributed by atoms with Gasteiger partial charge in [-0.25, -0.2) is 9.97 Å². The Kier molecular flexibility index (Phi) is 13.1. The Bertz CT molecular complexity index is 2730. The van der Waals surface area contributed by atoms with E-state index in [0.29, 0.717) is 0 Å². The third-order valence-corrected chi connectivity index (χ3v) is 12.7. The number of rotatable bonds is 5. The first-order chi connectivity index (χ1) is 31.2. The van der Waals surface area contributed by atoms with Gasteiger partial charge in [0.25, 0.3) is 0 Å². The molecule has 4 aliphatic carbocycles. The van der Waals surface area contributed by atoms with E-state index in [1.807, 2.05) is 27.7 Å². The summed E-state index contributed by atoms with van der Waals surface area (Å²) < 4.78 is 0. The zero-order valence-corrected chi connectivity index (χ0v) is 37.9. The molecule has 1 aromatic heterocycles. The van der Waals surface area contributed by atoms with Crippen LogP contribution in [-0.2, 0) is 10.8 Å². The van der Waals surface area contributed by atoms with Crippen LogP contribution in [0.1, 0.15) is 106 Å². The lowest BCUT2D eigenvalue weighted by atomic mass is 9.49. The highest BCUT2D eigenvalue weighted by Crippen LogP contribution is 2.65. The van der Waals surface area contributed by atoms with E-state index < -0.39 is 10.8 Å². The van der Waals surface area contributed by atoms with Crippen LogP contribution in [0.5, 0.6) is 0 Å². The van der Waals surface area contributed by atoms with Gasteiger partial charge in [0.2, 0.25) is 0 Å². The van der Waals surface area contributed by atoms with E-state index in [9.17, 15) is 0 Å². The van der Waals surface area contributed by atoms with Crippen LogP contribution in [0.15, 0.2) is 206 Å². The molecule has 3 unspecified atom stereocenters. The second-order valence-electron chi connectivity index (χ2n) is 16.2. The second kappa shape index (κ2) is 19.2. The van der Waals surface area contributed by atoms with Crippen LogP contribution in [0.2, 0.25) is 0 Å². The molecule has 314 valence electrons. The lowest BCUT2D eigenvalue weighted by Gasteiger charge is -2.53. The first-order valence-corrected chi connectivity index (χ1v) is 23.3. The number of fused-ring (bicyclic) bond motifs is 8. The molecule has 1 spiro atoms. The summed E-state index contributed by atoms with van der Waals surface area (Å²) in [6.07, 6.45) is 18.4. The predicted molar refractivity (Wildman–Crippen MR) is 268 cm³/mol. The van der Waals surface area contributed by atoms with Gasteiger partial charge < -0.3 is 0 Å². The molecular weight excluding hydrogens is 761 g/mol. The Morgan fingerprint density at radius 1 is 0.524 bits per heavy atom. The number of hydrogen-bond acceptors (Lipinski definition) is 2. The number of nitrogens with zero attached hydrogens (tertiary/aromatic N) is 2. The predicted octanol–water partition coefficient (Wildman–Crippen LogP) is 16.2. The van der Waals surface area contributed by atoms with Crippen LogP contribution in [0.25, 0.3) is 39.5 Å². The van der Waals surface area contributed by atoms with Gasteiger partial charge in [-0.3, -0.25) is 0 Å². The molecule has 7 aromatic rings. The van der Waals surface area contributed by atoms with Crippen molar-refractivity contribution in [1.82, 2.24) is 9.97 Å². The average Bonchev–Trinajstić information content (AvgIpc) is 3.67. The van der Waals surface area contributed by atoms with Gasteiger partial charge in [-0.1, -0.05) is 236 Å². The third kappa shape index (κ3) is 7.26. The molecule has 0 aliphatic heterocycles. The number of allylic oxidation sites excluding steroid dienone is 8. The van der Waals surface area contributed by atoms with Crippen LogP contribution >= 0.6 is 0 Å². The van der Waals surface area contributed by atoms with Crippen molar-refractivity contribution in [3.05, 3.63) is 245 Å². The number of benzene rings is 6. The first kappa shape index (κ1) is 43.0. The van der Waals surface area contributed by atoms with Crippen molar-refractivity contribution in [3.63, 3.8) is 0 Å². The van der Waals surface area contributed by atoms with E-state index in [0.717, 1.165) is 53.2 Å². The summed E-state index contributed by atoms with van der Waals surface area (Å²) in [4.78, 5) is 10.7. The van der Waals surface area contributed by atoms with Gasteiger partial charge in [0.15, 0.2) is 5.82 Å². The van der Waals surface area contributed by atoms with Gasteiger partial charge in [-0.2, -0.15) is 0 Å². The summed E-state index contributed by atoms with van der Waals surface area (Å²) in [7, 11) is 0. The molecule has 63 heavy (non-hydrogen) atoms. The highest BCUT2D eigenvalue weighted by molar-refractivity contribution is 5.91. The molecule has 2 nitrogen and oxygen atoms in total. The molecule has 0 radical (unpaired) electrons. The Morgan fingerprint density at radius 2 is 1.08 bits per heavy atom. The summed E-state index contributed by atoms with van der Waals surface area (Å²) in [6.45, 7) is 12.2. The van der Waals surface area contributed by atoms with Crippen LogP contribution in [0.3, 0.4) is 0 Å². The fourth-order valence-corrected chi connectivity index (χ4v) is 10.5. The summed E-state index contributed by atoms with van der Waals surface area (Å²) in [5.41, 5.74) is 16.4. The fourth-order valence-electron chi connectivity index (χ4n) is 10.5. The van der Waals surface area contributed by atoms with Gasteiger partial charge in [-0.05, 0) is 87.4 Å². The minimum Gasteiger partial charge on any atom is -0.228 e. The van der Waals surface area contributed by atoms with Crippen LogP contribution < -0.4 is 0 Å². The molecule has 1 heterocycles. The molecule has 0 saturated heterocycles. The zero-order chi connectivity index (χ0) is 43.8. The smallest absolute Gasteiger partial charge is 0.160 e. The van der Waals surface area contributed by atoms with Crippen molar-refractivity contribution in [2.75, 3.05) is 0 Å². The maximum atomic E-state index is 5.36. The maximum Gasteiger partial charge on any atom is 0.160 e. The second-order valence-corrected chi connectivity index (χ2v) is 16.2. The Morgan fingerprint density at radius 3 is 1.70 bits per heavy atom. The molecule has 0 amide bonds. The molecule has 3 atom stereocenters. The number of hydrogen-bond donors (Lipinski definition) is 0. The van der Waals surface area contributed by atoms with Gasteiger partial charge in [0.05, 0.1) is 22.2 Å². The molecule has 4 aliphatic rings. The summed E-state index contributed by atoms with van der Waals surface area (Å²) >= 11 is 0. The van der Waals surface area contributed by atoms with E-state index in [4.69, 9.17) is 9.97 Å². The minimum absolute atomic E-state index is 0.201. The lowest BCUT2D eigenvalue weighted by molar-refractivity contribution is 0.422.